The van der Waals surface area contributed by atoms with Crippen LogP contribution < -0.4 is 14.8 Å². The summed E-state index contributed by atoms with van der Waals surface area (Å²) in [6, 6.07) is 3.70. The lowest BCUT2D eigenvalue weighted by Crippen LogP contribution is -2.51. The number of benzene rings is 1. The molecule has 3 aliphatic rings. The maximum atomic E-state index is 11.6. The second-order valence-electron chi connectivity index (χ2n) is 5.60. The number of carbonyl (C=O) groups is 1. The van der Waals surface area contributed by atoms with Gasteiger partial charge in [0.25, 0.3) is 0 Å². The number of piperazine rings is 1. The molecule has 2 amide bonds. The number of aromatic hydroxyl groups is 1. The van der Waals surface area contributed by atoms with Crippen LogP contribution in [0.25, 0.3) is 0 Å². The Kier molecular flexibility index (Phi) is 2.81. The summed E-state index contributed by atoms with van der Waals surface area (Å²) < 4.78 is 10.6. The topological polar surface area (TPSA) is 74.3 Å². The van der Waals surface area contributed by atoms with E-state index in [1.165, 1.54) is 0 Å². The summed E-state index contributed by atoms with van der Waals surface area (Å²) in [5.41, 5.74) is 0.824. The maximum Gasteiger partial charge on any atom is 0.317 e. The largest absolute Gasteiger partial charge is 0.507 e. The molecule has 112 valence electrons. The number of rotatable bonds is 2. The zero-order valence-electron chi connectivity index (χ0n) is 11.5. The number of hydrogen-bond acceptors (Lipinski definition) is 5. The molecule has 21 heavy (non-hydrogen) atoms. The highest BCUT2D eigenvalue weighted by molar-refractivity contribution is 5.77. The average Bonchev–Trinajstić information content (AvgIpc) is 3.06. The molecule has 3 aliphatic heterocycles. The number of phenols is 1. The minimum atomic E-state index is 0.0329. The molecule has 7 heteroatoms. The predicted molar refractivity (Wildman–Crippen MR) is 73.4 cm³/mol. The van der Waals surface area contributed by atoms with Crippen molar-refractivity contribution in [3.8, 4) is 17.2 Å². The Morgan fingerprint density at radius 3 is 2.95 bits per heavy atom. The summed E-state index contributed by atoms with van der Waals surface area (Å²) in [5, 5.41) is 13.0. The van der Waals surface area contributed by atoms with Crippen LogP contribution in [0.5, 0.6) is 17.2 Å². The van der Waals surface area contributed by atoms with Gasteiger partial charge in [-0.05, 0) is 6.07 Å². The number of nitrogens with zero attached hydrogens (tertiary/aromatic N) is 2. The third-order valence-corrected chi connectivity index (χ3v) is 4.28. The number of amides is 2. The first kappa shape index (κ1) is 12.6. The number of urea groups is 1. The number of phenolic OH excluding ortho intramolecular Hbond substituents is 1. The molecule has 2 saturated heterocycles. The smallest absolute Gasteiger partial charge is 0.317 e. The first-order valence-electron chi connectivity index (χ1n) is 7.09. The SMILES string of the molecule is O=C1NCC2CN(Cc3cc4c(cc3O)OCO4)CCN12. The van der Waals surface area contributed by atoms with E-state index < -0.39 is 0 Å². The molecule has 0 aliphatic carbocycles. The fourth-order valence-electron chi connectivity index (χ4n) is 3.15. The Bertz CT molecular complexity index is 592. The van der Waals surface area contributed by atoms with E-state index >= 15 is 0 Å². The van der Waals surface area contributed by atoms with Crippen molar-refractivity contribution in [3.63, 3.8) is 0 Å². The fourth-order valence-corrected chi connectivity index (χ4v) is 3.15. The van der Waals surface area contributed by atoms with E-state index in [1.54, 1.807) is 6.07 Å². The molecule has 0 aromatic heterocycles. The van der Waals surface area contributed by atoms with Crippen LogP contribution in [0.4, 0.5) is 4.79 Å². The Hall–Kier alpha value is -2.15. The van der Waals surface area contributed by atoms with Gasteiger partial charge in [0.2, 0.25) is 6.79 Å². The van der Waals surface area contributed by atoms with Crippen molar-refractivity contribution in [1.82, 2.24) is 15.1 Å². The van der Waals surface area contributed by atoms with Gasteiger partial charge < -0.3 is 24.8 Å². The van der Waals surface area contributed by atoms with Crippen LogP contribution in [-0.4, -0.2) is 60.0 Å². The van der Waals surface area contributed by atoms with Crippen LogP contribution in [0.15, 0.2) is 12.1 Å². The molecule has 0 saturated carbocycles. The molecule has 0 spiro atoms. The van der Waals surface area contributed by atoms with E-state index in [0.717, 1.165) is 25.2 Å². The normalized spacial score (nSPS) is 24.1. The van der Waals surface area contributed by atoms with Crippen LogP contribution in [0.3, 0.4) is 0 Å². The highest BCUT2D eigenvalue weighted by atomic mass is 16.7. The average molecular weight is 291 g/mol. The van der Waals surface area contributed by atoms with Crippen molar-refractivity contribution >= 4 is 6.03 Å². The van der Waals surface area contributed by atoms with Crippen LogP contribution in [0, 0.1) is 0 Å². The number of nitrogens with one attached hydrogen (secondary N) is 1. The van der Waals surface area contributed by atoms with E-state index in [9.17, 15) is 9.90 Å². The zero-order chi connectivity index (χ0) is 14.4. The monoisotopic (exact) mass is 291 g/mol. The van der Waals surface area contributed by atoms with Gasteiger partial charge in [-0.3, -0.25) is 4.90 Å². The van der Waals surface area contributed by atoms with Crippen molar-refractivity contribution in [1.29, 1.82) is 0 Å². The number of fused-ring (bicyclic) bond motifs is 2. The Labute approximate surface area is 122 Å². The van der Waals surface area contributed by atoms with E-state index in [4.69, 9.17) is 9.47 Å². The van der Waals surface area contributed by atoms with Crippen molar-refractivity contribution in [2.45, 2.75) is 12.6 Å². The molecule has 3 heterocycles. The first-order valence-corrected chi connectivity index (χ1v) is 7.09. The lowest BCUT2D eigenvalue weighted by Gasteiger charge is -2.36. The van der Waals surface area contributed by atoms with Gasteiger partial charge in [0.15, 0.2) is 11.5 Å². The van der Waals surface area contributed by atoms with Crippen molar-refractivity contribution in [3.05, 3.63) is 17.7 Å². The van der Waals surface area contributed by atoms with E-state index in [0.29, 0.717) is 24.6 Å². The molecule has 4 rings (SSSR count). The standard InChI is InChI=1S/C14H17N3O4/c18-11-4-13-12(20-8-21-13)3-9(11)6-16-1-2-17-10(7-16)5-15-14(17)19/h3-4,10,18H,1-2,5-8H2,(H,15,19). The van der Waals surface area contributed by atoms with Gasteiger partial charge in [-0.1, -0.05) is 0 Å². The molecule has 7 nitrogen and oxygen atoms in total. The van der Waals surface area contributed by atoms with Crippen LogP contribution in [0.2, 0.25) is 0 Å². The van der Waals surface area contributed by atoms with E-state index in [1.807, 2.05) is 11.0 Å². The van der Waals surface area contributed by atoms with Crippen LogP contribution >= 0.6 is 0 Å². The Balaban J connectivity index is 1.48. The Morgan fingerprint density at radius 1 is 1.29 bits per heavy atom. The molecular weight excluding hydrogens is 274 g/mol. The summed E-state index contributed by atoms with van der Waals surface area (Å²) in [7, 11) is 0. The van der Waals surface area contributed by atoms with E-state index in [-0.39, 0.29) is 24.6 Å². The van der Waals surface area contributed by atoms with Gasteiger partial charge >= 0.3 is 6.03 Å². The summed E-state index contributed by atoms with van der Waals surface area (Å²) >= 11 is 0. The lowest BCUT2D eigenvalue weighted by atomic mass is 10.1. The highest BCUT2D eigenvalue weighted by Gasteiger charge is 2.35. The summed E-state index contributed by atoms with van der Waals surface area (Å²) in [6.45, 7) is 3.88. The minimum absolute atomic E-state index is 0.0329. The molecule has 1 atom stereocenters. The molecule has 1 unspecified atom stereocenters. The summed E-state index contributed by atoms with van der Waals surface area (Å²) in [5.74, 6) is 1.49. The summed E-state index contributed by atoms with van der Waals surface area (Å²) in [6.07, 6.45) is 0. The predicted octanol–water partition coefficient (Wildman–Crippen LogP) is 0.330. The van der Waals surface area contributed by atoms with Crippen LogP contribution in [-0.2, 0) is 6.54 Å². The molecule has 0 radical (unpaired) electrons. The van der Waals surface area contributed by atoms with Crippen LogP contribution in [0.1, 0.15) is 5.56 Å². The van der Waals surface area contributed by atoms with Crippen molar-refractivity contribution < 1.29 is 19.4 Å². The quantitative estimate of drug-likeness (QED) is 0.821. The molecule has 1 aromatic rings. The van der Waals surface area contributed by atoms with Gasteiger partial charge in [-0.15, -0.1) is 0 Å². The number of ether oxygens (including phenoxy) is 2. The molecule has 2 fully saturated rings. The van der Waals surface area contributed by atoms with Crippen molar-refractivity contribution in [2.75, 3.05) is 33.0 Å². The third-order valence-electron chi connectivity index (χ3n) is 4.28. The zero-order valence-corrected chi connectivity index (χ0v) is 11.5. The van der Waals surface area contributed by atoms with E-state index in [2.05, 4.69) is 10.2 Å². The molecule has 1 aromatic carbocycles. The van der Waals surface area contributed by atoms with Gasteiger partial charge in [0, 0.05) is 44.4 Å². The van der Waals surface area contributed by atoms with Crippen molar-refractivity contribution in [2.24, 2.45) is 0 Å². The summed E-state index contributed by atoms with van der Waals surface area (Å²) in [4.78, 5) is 15.7. The molecule has 0 bridgehead atoms. The van der Waals surface area contributed by atoms with Gasteiger partial charge in [0.05, 0.1) is 6.04 Å². The first-order chi connectivity index (χ1) is 10.2. The number of hydrogen-bond donors (Lipinski definition) is 2. The molecular formula is C14H17N3O4. The highest BCUT2D eigenvalue weighted by Crippen LogP contribution is 2.38. The second-order valence-corrected chi connectivity index (χ2v) is 5.60. The van der Waals surface area contributed by atoms with Gasteiger partial charge in [-0.2, -0.15) is 0 Å². The number of carbonyl (C=O) groups excluding carboxylic acids is 1. The third kappa shape index (κ3) is 2.13. The second kappa shape index (κ2) is 4.70. The fraction of sp³-hybridized carbons (Fsp3) is 0.500. The van der Waals surface area contributed by atoms with Gasteiger partial charge in [-0.25, -0.2) is 4.79 Å². The lowest BCUT2D eigenvalue weighted by molar-refractivity contribution is 0.116. The molecule has 2 N–H and O–H groups in total. The minimum Gasteiger partial charge on any atom is -0.507 e. The maximum absolute atomic E-state index is 11.6. The Morgan fingerprint density at radius 2 is 2.10 bits per heavy atom. The van der Waals surface area contributed by atoms with Gasteiger partial charge in [0.1, 0.15) is 5.75 Å².